The van der Waals surface area contributed by atoms with E-state index >= 15 is 0 Å². The lowest BCUT2D eigenvalue weighted by Gasteiger charge is -2.43. The Morgan fingerprint density at radius 2 is 1.22 bits per heavy atom. The third kappa shape index (κ3) is 4.54. The number of nitrogens with two attached hydrogens (primary N) is 1. The van der Waals surface area contributed by atoms with Crippen LogP contribution < -0.4 is 10.5 Å². The molecular formula is C25H28N2O4S. The second-order valence-electron chi connectivity index (χ2n) is 8.53. The number of nitrogens with one attached hydrogen (secondary N) is 1. The van der Waals surface area contributed by atoms with E-state index in [2.05, 4.69) is 4.72 Å². The molecule has 3 N–H and O–H groups in total. The highest BCUT2D eigenvalue weighted by atomic mass is 32.2. The van der Waals surface area contributed by atoms with Gasteiger partial charge in [-0.2, -0.15) is 4.72 Å². The van der Waals surface area contributed by atoms with E-state index in [4.69, 9.17) is 10.5 Å². The van der Waals surface area contributed by atoms with Crippen molar-refractivity contribution in [2.24, 2.45) is 11.1 Å². The minimum atomic E-state index is -4.36. The normalized spacial score (nSPS) is 14.0. The number of hydrogen-bond donors (Lipinski definition) is 2. The molecule has 1 amide bonds. The molecule has 6 nitrogen and oxygen atoms in total. The van der Waals surface area contributed by atoms with Crippen LogP contribution >= 0.6 is 0 Å². The molecule has 168 valence electrons. The van der Waals surface area contributed by atoms with E-state index < -0.39 is 32.5 Å². The number of primary amides is 1. The number of carbonyl (C=O) groups is 1. The molecule has 0 saturated heterocycles. The Morgan fingerprint density at radius 3 is 1.59 bits per heavy atom. The van der Waals surface area contributed by atoms with Crippen LogP contribution in [-0.4, -0.2) is 14.5 Å². The smallest absolute Gasteiger partial charge is 0.406 e. The average Bonchev–Trinajstić information content (AvgIpc) is 2.76. The topological polar surface area (TPSA) is 98.5 Å². The van der Waals surface area contributed by atoms with Gasteiger partial charge in [-0.05, 0) is 11.1 Å². The average molecular weight is 453 g/mol. The van der Waals surface area contributed by atoms with Gasteiger partial charge in [0, 0.05) is 11.0 Å². The molecule has 3 aromatic rings. The Hall–Kier alpha value is -3.16. The maximum absolute atomic E-state index is 14.1. The quantitative estimate of drug-likeness (QED) is 0.543. The van der Waals surface area contributed by atoms with Gasteiger partial charge in [0.05, 0.1) is 6.04 Å². The van der Waals surface area contributed by atoms with E-state index in [1.807, 2.05) is 60.7 Å². The van der Waals surface area contributed by atoms with Crippen molar-refractivity contribution in [3.8, 4) is 0 Å². The highest BCUT2D eigenvalue weighted by Crippen LogP contribution is 2.47. The second-order valence-corrected chi connectivity index (χ2v) is 10.3. The van der Waals surface area contributed by atoms with Crippen LogP contribution in [0.1, 0.15) is 43.5 Å². The highest BCUT2D eigenvalue weighted by molar-refractivity contribution is 7.90. The van der Waals surface area contributed by atoms with Crippen LogP contribution in [0.25, 0.3) is 0 Å². The minimum absolute atomic E-state index is 0.304. The highest BCUT2D eigenvalue weighted by Gasteiger charge is 2.58. The van der Waals surface area contributed by atoms with Gasteiger partial charge < -0.3 is 10.5 Å². The summed E-state index contributed by atoms with van der Waals surface area (Å²) in [7, 11) is -4.36. The number of hydrogen-bond acceptors (Lipinski definition) is 4. The molecule has 0 fully saturated rings. The lowest BCUT2D eigenvalue weighted by Crippen LogP contribution is -2.56. The molecule has 0 heterocycles. The second kappa shape index (κ2) is 9.14. The fraction of sp³-hybridized carbons (Fsp3) is 0.240. The molecule has 0 saturated carbocycles. The first kappa shape index (κ1) is 23.5. The molecule has 0 spiro atoms. The molecular weight excluding hydrogens is 424 g/mol. The number of benzene rings is 3. The summed E-state index contributed by atoms with van der Waals surface area (Å²) in [5.74, 6) is 0. The van der Waals surface area contributed by atoms with Crippen LogP contribution in [0.2, 0.25) is 0 Å². The molecule has 32 heavy (non-hydrogen) atoms. The Morgan fingerprint density at radius 1 is 0.812 bits per heavy atom. The number of sulfonamides is 1. The molecule has 1 atom stereocenters. The largest absolute Gasteiger partial charge is 0.420 e. The first-order chi connectivity index (χ1) is 15.1. The molecule has 0 aliphatic carbocycles. The third-order valence-electron chi connectivity index (χ3n) is 5.30. The Labute approximate surface area is 189 Å². The predicted molar refractivity (Wildman–Crippen MR) is 125 cm³/mol. The Bertz CT molecular complexity index is 1110. The summed E-state index contributed by atoms with van der Waals surface area (Å²) in [5, 5.41) is 0. The number of carbonyl (C=O) groups excluding carboxylic acids is 1. The summed E-state index contributed by atoms with van der Waals surface area (Å²) in [6, 6.07) is 26.1. The Balaban J connectivity index is 2.22. The van der Waals surface area contributed by atoms with Crippen LogP contribution in [0, 0.1) is 5.41 Å². The van der Waals surface area contributed by atoms with E-state index in [1.165, 1.54) is 0 Å². The van der Waals surface area contributed by atoms with Crippen molar-refractivity contribution in [1.82, 2.24) is 4.72 Å². The van der Waals surface area contributed by atoms with Gasteiger partial charge in [-0.15, -0.1) is 0 Å². The van der Waals surface area contributed by atoms with Gasteiger partial charge >= 0.3 is 6.09 Å². The van der Waals surface area contributed by atoms with Gasteiger partial charge in [0.1, 0.15) is 0 Å². The molecule has 1 unspecified atom stereocenters. The van der Waals surface area contributed by atoms with Gasteiger partial charge in [-0.25, -0.2) is 13.2 Å². The fourth-order valence-electron chi connectivity index (χ4n) is 3.92. The van der Waals surface area contributed by atoms with Crippen molar-refractivity contribution >= 4 is 16.1 Å². The third-order valence-corrected chi connectivity index (χ3v) is 7.54. The molecule has 0 aliphatic heterocycles. The van der Waals surface area contributed by atoms with E-state index in [0.717, 1.165) is 11.1 Å². The zero-order valence-electron chi connectivity index (χ0n) is 18.4. The van der Waals surface area contributed by atoms with Gasteiger partial charge in [0.25, 0.3) is 15.0 Å². The minimum Gasteiger partial charge on any atom is -0.420 e. The van der Waals surface area contributed by atoms with Crippen LogP contribution in [0.15, 0.2) is 91.0 Å². The van der Waals surface area contributed by atoms with Crippen molar-refractivity contribution in [2.45, 2.75) is 31.7 Å². The summed E-state index contributed by atoms with van der Waals surface area (Å²) in [6.45, 7) is 5.09. The van der Waals surface area contributed by atoms with E-state index in [0.29, 0.717) is 5.56 Å². The SMILES string of the molecule is CC(C)(C)C(OC(N)=O)(c1ccccc1)S(=O)(=O)NC(c1ccccc1)c1ccccc1. The summed E-state index contributed by atoms with van der Waals surface area (Å²) < 4.78 is 36.6. The molecule has 0 bridgehead atoms. The van der Waals surface area contributed by atoms with Crippen molar-refractivity contribution in [3.05, 3.63) is 108 Å². The van der Waals surface area contributed by atoms with Gasteiger partial charge in [0.2, 0.25) is 0 Å². The lowest BCUT2D eigenvalue weighted by molar-refractivity contribution is -0.00414. The maximum Gasteiger partial charge on any atom is 0.406 e. The number of ether oxygens (including phenoxy) is 1. The van der Waals surface area contributed by atoms with E-state index in [1.54, 1.807) is 51.1 Å². The summed E-state index contributed by atoms with van der Waals surface area (Å²) in [5.41, 5.74) is 6.15. The zero-order chi connectivity index (χ0) is 23.4. The molecule has 7 heteroatoms. The standard InChI is InChI=1S/C25H28N2O4S/c1-24(2,3)25(31-23(26)28,21-17-11-6-12-18-21)32(29,30)27-22(19-13-7-4-8-14-19)20-15-9-5-10-16-20/h4-18,22,27H,1-3H3,(H2,26,28). The fourth-order valence-corrected chi connectivity index (χ4v) is 6.11. The molecule has 0 radical (unpaired) electrons. The van der Waals surface area contributed by atoms with Crippen LogP contribution in [0.3, 0.4) is 0 Å². The van der Waals surface area contributed by atoms with Gasteiger partial charge in [-0.1, -0.05) is 112 Å². The van der Waals surface area contributed by atoms with Crippen molar-refractivity contribution in [3.63, 3.8) is 0 Å². The van der Waals surface area contributed by atoms with E-state index in [-0.39, 0.29) is 0 Å². The van der Waals surface area contributed by atoms with Crippen LogP contribution in [-0.2, 0) is 19.7 Å². The molecule has 0 aromatic heterocycles. The van der Waals surface area contributed by atoms with E-state index in [9.17, 15) is 13.2 Å². The number of amides is 1. The summed E-state index contributed by atoms with van der Waals surface area (Å²) in [4.78, 5) is 9.94. The monoisotopic (exact) mass is 452 g/mol. The zero-order valence-corrected chi connectivity index (χ0v) is 19.2. The van der Waals surface area contributed by atoms with Crippen LogP contribution in [0.4, 0.5) is 4.79 Å². The van der Waals surface area contributed by atoms with Crippen molar-refractivity contribution < 1.29 is 17.9 Å². The van der Waals surface area contributed by atoms with Crippen LogP contribution in [0.5, 0.6) is 0 Å². The maximum atomic E-state index is 14.1. The lowest BCUT2D eigenvalue weighted by atomic mass is 9.83. The predicted octanol–water partition coefficient (Wildman–Crippen LogP) is 4.69. The number of rotatable bonds is 7. The molecule has 0 aliphatic rings. The first-order valence-electron chi connectivity index (χ1n) is 10.2. The summed E-state index contributed by atoms with van der Waals surface area (Å²) in [6.07, 6.45) is -1.18. The van der Waals surface area contributed by atoms with Crippen molar-refractivity contribution in [2.75, 3.05) is 0 Å². The van der Waals surface area contributed by atoms with Crippen molar-refractivity contribution in [1.29, 1.82) is 0 Å². The van der Waals surface area contributed by atoms with Gasteiger partial charge in [0.15, 0.2) is 0 Å². The first-order valence-corrected chi connectivity index (χ1v) is 11.7. The van der Waals surface area contributed by atoms with Gasteiger partial charge in [-0.3, -0.25) is 0 Å². The summed E-state index contributed by atoms with van der Waals surface area (Å²) >= 11 is 0. The molecule has 3 aromatic carbocycles. The Kier molecular flexibility index (Phi) is 6.71. The molecule has 3 rings (SSSR count).